The second-order valence-electron chi connectivity index (χ2n) is 6.70. The van der Waals surface area contributed by atoms with Gasteiger partial charge in [0.2, 0.25) is 10.0 Å². The maximum Gasteiger partial charge on any atom is 0.211 e. The monoisotopic (exact) mass is 353 g/mol. The number of benzene rings is 1. The van der Waals surface area contributed by atoms with Gasteiger partial charge in [0.15, 0.2) is 0 Å². The van der Waals surface area contributed by atoms with Gasteiger partial charge in [0.05, 0.1) is 12.4 Å². The van der Waals surface area contributed by atoms with E-state index in [-0.39, 0.29) is 23.5 Å². The third-order valence-electron chi connectivity index (χ3n) is 4.51. The van der Waals surface area contributed by atoms with Gasteiger partial charge >= 0.3 is 0 Å². The third-order valence-corrected chi connectivity index (χ3v) is 5.94. The molecule has 2 rings (SSSR count). The number of hydrogen-bond donors (Lipinski definition) is 1. The van der Waals surface area contributed by atoms with Crippen LogP contribution in [0.2, 0.25) is 0 Å². The number of ether oxygens (including phenoxy) is 1. The Morgan fingerprint density at radius 2 is 1.92 bits per heavy atom. The van der Waals surface area contributed by atoms with Crippen LogP contribution in [-0.4, -0.2) is 32.6 Å². The van der Waals surface area contributed by atoms with Gasteiger partial charge in [0.1, 0.15) is 11.5 Å². The van der Waals surface area contributed by atoms with Crippen LogP contribution >= 0.6 is 0 Å². The zero-order valence-corrected chi connectivity index (χ0v) is 15.4. The normalized spacial score (nSPS) is 21.9. The summed E-state index contributed by atoms with van der Waals surface area (Å²) in [7, 11) is -3.28. The van der Waals surface area contributed by atoms with Crippen LogP contribution in [0.5, 0.6) is 5.75 Å². The van der Waals surface area contributed by atoms with Crippen LogP contribution in [0.15, 0.2) is 24.3 Å². The molecule has 0 radical (unpaired) electrons. The molecule has 6 heteroatoms. The van der Waals surface area contributed by atoms with Crippen LogP contribution in [0.4, 0.5) is 0 Å². The number of hydrogen-bond acceptors (Lipinski definition) is 4. The van der Waals surface area contributed by atoms with Gasteiger partial charge in [-0.3, -0.25) is 4.79 Å². The Hall–Kier alpha value is -1.40. The van der Waals surface area contributed by atoms with Crippen LogP contribution in [0.3, 0.4) is 0 Å². The SMILES string of the molecule is CCS(=O)(=O)N[C@H]1CCC(=O)C[C@@H]1COc1ccc(C(C)C)cc1. The van der Waals surface area contributed by atoms with E-state index in [1.54, 1.807) is 6.92 Å². The minimum Gasteiger partial charge on any atom is -0.493 e. The van der Waals surface area contributed by atoms with Crippen LogP contribution in [0.25, 0.3) is 0 Å². The van der Waals surface area contributed by atoms with Gasteiger partial charge < -0.3 is 4.74 Å². The summed E-state index contributed by atoms with van der Waals surface area (Å²) in [4.78, 5) is 11.8. The first-order chi connectivity index (χ1) is 11.3. The summed E-state index contributed by atoms with van der Waals surface area (Å²) in [6.45, 7) is 6.21. The van der Waals surface area contributed by atoms with Crippen LogP contribution in [0, 0.1) is 5.92 Å². The molecule has 0 amide bonds. The molecular formula is C18H27NO4S. The van der Waals surface area contributed by atoms with E-state index in [2.05, 4.69) is 18.6 Å². The van der Waals surface area contributed by atoms with E-state index in [4.69, 9.17) is 4.74 Å². The lowest BCUT2D eigenvalue weighted by atomic mass is 9.85. The quantitative estimate of drug-likeness (QED) is 0.818. The summed E-state index contributed by atoms with van der Waals surface area (Å²) >= 11 is 0. The lowest BCUT2D eigenvalue weighted by Gasteiger charge is -2.31. The third kappa shape index (κ3) is 5.31. The van der Waals surface area contributed by atoms with Crippen molar-refractivity contribution in [2.45, 2.75) is 52.0 Å². The van der Waals surface area contributed by atoms with Gasteiger partial charge in [-0.15, -0.1) is 0 Å². The molecule has 1 aliphatic rings. The molecule has 1 N–H and O–H groups in total. The zero-order valence-electron chi connectivity index (χ0n) is 14.6. The Morgan fingerprint density at radius 1 is 1.25 bits per heavy atom. The first kappa shape index (κ1) is 18.9. The van der Waals surface area contributed by atoms with Crippen molar-refractivity contribution >= 4 is 15.8 Å². The fourth-order valence-corrected chi connectivity index (χ4v) is 3.82. The summed E-state index contributed by atoms with van der Waals surface area (Å²) in [6, 6.07) is 7.67. The molecule has 1 fully saturated rings. The topological polar surface area (TPSA) is 72.5 Å². The van der Waals surface area contributed by atoms with Crippen molar-refractivity contribution in [3.05, 3.63) is 29.8 Å². The number of sulfonamides is 1. The number of nitrogens with one attached hydrogen (secondary N) is 1. The standard InChI is InChI=1S/C18H27NO4S/c1-4-24(21,22)19-18-10-7-16(20)11-15(18)12-23-17-8-5-14(6-9-17)13(2)3/h5-6,8-9,13,15,18-19H,4,7,10-12H2,1-3H3/t15-,18+/m1/s1. The average Bonchev–Trinajstić information content (AvgIpc) is 2.55. The van der Waals surface area contributed by atoms with Crippen molar-refractivity contribution < 1.29 is 17.9 Å². The Labute approximate surface area is 144 Å². The molecule has 5 nitrogen and oxygen atoms in total. The fraction of sp³-hybridized carbons (Fsp3) is 0.611. The molecule has 134 valence electrons. The second kappa shape index (κ2) is 8.12. The van der Waals surface area contributed by atoms with E-state index in [9.17, 15) is 13.2 Å². The molecule has 0 aliphatic heterocycles. The van der Waals surface area contributed by atoms with Crippen LogP contribution in [0.1, 0.15) is 51.5 Å². The van der Waals surface area contributed by atoms with Crippen LogP contribution < -0.4 is 9.46 Å². The second-order valence-corrected chi connectivity index (χ2v) is 8.75. The lowest BCUT2D eigenvalue weighted by Crippen LogP contribution is -2.46. The molecule has 0 bridgehead atoms. The van der Waals surface area contributed by atoms with Crippen molar-refractivity contribution in [3.8, 4) is 5.75 Å². The van der Waals surface area contributed by atoms with Gasteiger partial charge in [0.25, 0.3) is 0 Å². The van der Waals surface area contributed by atoms with Crippen molar-refractivity contribution in [3.63, 3.8) is 0 Å². The summed E-state index contributed by atoms with van der Waals surface area (Å²) < 4.78 is 32.2. The highest BCUT2D eigenvalue weighted by molar-refractivity contribution is 7.89. The summed E-state index contributed by atoms with van der Waals surface area (Å²) in [5.74, 6) is 1.29. The minimum atomic E-state index is -3.28. The van der Waals surface area contributed by atoms with Crippen molar-refractivity contribution in [2.75, 3.05) is 12.4 Å². The number of rotatable bonds is 7. The molecule has 24 heavy (non-hydrogen) atoms. The van der Waals surface area contributed by atoms with E-state index >= 15 is 0 Å². The van der Waals surface area contributed by atoms with E-state index in [0.717, 1.165) is 5.75 Å². The van der Waals surface area contributed by atoms with E-state index in [1.165, 1.54) is 5.56 Å². The molecule has 1 aromatic carbocycles. The largest absolute Gasteiger partial charge is 0.493 e. The van der Waals surface area contributed by atoms with Gasteiger partial charge in [-0.05, 0) is 37.0 Å². The number of carbonyl (C=O) groups is 1. The Morgan fingerprint density at radius 3 is 2.50 bits per heavy atom. The average molecular weight is 353 g/mol. The van der Waals surface area contributed by atoms with Gasteiger partial charge in [0, 0.05) is 24.8 Å². The summed E-state index contributed by atoms with van der Waals surface area (Å²) in [5.41, 5.74) is 1.24. The van der Waals surface area contributed by atoms with Gasteiger partial charge in [-0.2, -0.15) is 0 Å². The van der Waals surface area contributed by atoms with Crippen molar-refractivity contribution in [1.29, 1.82) is 0 Å². The number of Topliss-reactive ketones (excluding diaryl/α,β-unsaturated/α-hetero) is 1. The zero-order chi connectivity index (χ0) is 17.7. The summed E-state index contributed by atoms with van der Waals surface area (Å²) in [6.07, 6.45) is 1.33. The van der Waals surface area contributed by atoms with E-state index in [0.29, 0.717) is 31.8 Å². The molecule has 0 spiro atoms. The molecule has 1 aliphatic carbocycles. The minimum absolute atomic E-state index is 0.0433. The lowest BCUT2D eigenvalue weighted by molar-refractivity contribution is -0.122. The molecule has 1 saturated carbocycles. The number of carbonyl (C=O) groups excluding carboxylic acids is 1. The van der Waals surface area contributed by atoms with Crippen molar-refractivity contribution in [2.24, 2.45) is 5.92 Å². The maximum absolute atomic E-state index is 11.8. The number of ketones is 1. The van der Waals surface area contributed by atoms with Gasteiger partial charge in [-0.1, -0.05) is 26.0 Å². The fourth-order valence-electron chi connectivity index (χ4n) is 2.89. The highest BCUT2D eigenvalue weighted by Crippen LogP contribution is 2.25. The maximum atomic E-state index is 11.8. The highest BCUT2D eigenvalue weighted by Gasteiger charge is 2.32. The molecule has 0 aromatic heterocycles. The van der Waals surface area contributed by atoms with Crippen LogP contribution in [-0.2, 0) is 14.8 Å². The molecule has 0 unspecified atom stereocenters. The van der Waals surface area contributed by atoms with Gasteiger partial charge in [-0.25, -0.2) is 13.1 Å². The van der Waals surface area contributed by atoms with Crippen molar-refractivity contribution in [1.82, 2.24) is 4.72 Å². The molecule has 0 heterocycles. The highest BCUT2D eigenvalue weighted by atomic mass is 32.2. The smallest absolute Gasteiger partial charge is 0.211 e. The first-order valence-electron chi connectivity index (χ1n) is 8.55. The predicted molar refractivity (Wildman–Crippen MR) is 94.8 cm³/mol. The Kier molecular flexibility index (Phi) is 6.40. The molecular weight excluding hydrogens is 326 g/mol. The summed E-state index contributed by atoms with van der Waals surface area (Å²) in [5, 5.41) is 0. The molecule has 2 atom stereocenters. The Bertz CT molecular complexity index is 652. The molecule has 0 saturated heterocycles. The van der Waals surface area contributed by atoms with E-state index < -0.39 is 10.0 Å². The predicted octanol–water partition coefficient (Wildman–Crippen LogP) is 2.87. The Balaban J connectivity index is 1.99. The van der Waals surface area contributed by atoms with E-state index in [1.807, 2.05) is 24.3 Å². The first-order valence-corrected chi connectivity index (χ1v) is 10.2. The molecule has 1 aromatic rings.